The highest BCUT2D eigenvalue weighted by Gasteiger charge is 2.42. The molecule has 0 amide bonds. The van der Waals surface area contributed by atoms with Crippen LogP contribution in [0, 0.1) is 23.2 Å². The lowest BCUT2D eigenvalue weighted by atomic mass is 9.93. The van der Waals surface area contributed by atoms with Crippen molar-refractivity contribution in [2.45, 2.75) is 31.7 Å². The van der Waals surface area contributed by atoms with E-state index in [-0.39, 0.29) is 0 Å². The van der Waals surface area contributed by atoms with Crippen LogP contribution in [-0.4, -0.2) is 48.6 Å². The van der Waals surface area contributed by atoms with Crippen LogP contribution in [0.5, 0.6) is 0 Å². The van der Waals surface area contributed by atoms with Crippen molar-refractivity contribution in [3.63, 3.8) is 0 Å². The molecule has 1 saturated heterocycles. The molecule has 0 aromatic rings. The average molecular weight is 219 g/mol. The van der Waals surface area contributed by atoms with Crippen LogP contribution >= 0.6 is 0 Å². The van der Waals surface area contributed by atoms with E-state index >= 15 is 0 Å². The molecule has 3 rings (SSSR count). The number of nitrogens with zero attached hydrogens (tertiary/aromatic N) is 3. The molecule has 0 aromatic heterocycles. The summed E-state index contributed by atoms with van der Waals surface area (Å²) in [4.78, 5) is 4.99. The molecule has 3 heteroatoms. The first-order valence-corrected chi connectivity index (χ1v) is 6.70. The van der Waals surface area contributed by atoms with Crippen molar-refractivity contribution in [2.24, 2.45) is 11.8 Å². The second-order valence-corrected chi connectivity index (χ2v) is 5.71. The van der Waals surface area contributed by atoms with Gasteiger partial charge >= 0.3 is 0 Å². The third kappa shape index (κ3) is 1.85. The van der Waals surface area contributed by atoms with Crippen molar-refractivity contribution < 1.29 is 0 Å². The largest absolute Gasteiger partial charge is 0.298 e. The van der Waals surface area contributed by atoms with E-state index in [0.29, 0.717) is 6.54 Å². The molecule has 16 heavy (non-hydrogen) atoms. The maximum absolute atomic E-state index is 8.68. The van der Waals surface area contributed by atoms with Gasteiger partial charge in [-0.1, -0.05) is 6.42 Å². The summed E-state index contributed by atoms with van der Waals surface area (Å²) in [5, 5.41) is 8.68. The molecule has 3 fully saturated rings. The predicted octanol–water partition coefficient (Wildman–Crippen LogP) is 1.32. The molecule has 1 aliphatic heterocycles. The van der Waals surface area contributed by atoms with Crippen LogP contribution in [-0.2, 0) is 0 Å². The van der Waals surface area contributed by atoms with Gasteiger partial charge in [0.05, 0.1) is 12.6 Å². The number of nitriles is 1. The van der Waals surface area contributed by atoms with Gasteiger partial charge in [-0.2, -0.15) is 5.26 Å². The molecule has 3 unspecified atom stereocenters. The number of hydrogen-bond acceptors (Lipinski definition) is 3. The summed E-state index contributed by atoms with van der Waals surface area (Å²) in [7, 11) is 0. The Kier molecular flexibility index (Phi) is 2.87. The maximum atomic E-state index is 8.68. The lowest BCUT2D eigenvalue weighted by Gasteiger charge is -2.40. The van der Waals surface area contributed by atoms with Crippen molar-refractivity contribution in [2.75, 3.05) is 32.7 Å². The van der Waals surface area contributed by atoms with Gasteiger partial charge in [-0.15, -0.1) is 0 Å². The summed E-state index contributed by atoms with van der Waals surface area (Å²) in [6.07, 6.45) is 5.94. The minimum atomic E-state index is 0.616. The molecular weight excluding hydrogens is 198 g/mol. The van der Waals surface area contributed by atoms with E-state index in [0.717, 1.165) is 31.0 Å². The second kappa shape index (κ2) is 4.35. The van der Waals surface area contributed by atoms with E-state index in [2.05, 4.69) is 15.9 Å². The highest BCUT2D eigenvalue weighted by atomic mass is 15.3. The van der Waals surface area contributed by atoms with Gasteiger partial charge < -0.3 is 0 Å². The van der Waals surface area contributed by atoms with Crippen LogP contribution in [0.15, 0.2) is 0 Å². The first kappa shape index (κ1) is 10.6. The molecule has 0 spiro atoms. The summed E-state index contributed by atoms with van der Waals surface area (Å²) < 4.78 is 0. The summed E-state index contributed by atoms with van der Waals surface area (Å²) in [5.74, 6) is 2.06. The lowest BCUT2D eigenvalue weighted by Crippen LogP contribution is -2.51. The van der Waals surface area contributed by atoms with Crippen LogP contribution in [0.3, 0.4) is 0 Å². The zero-order chi connectivity index (χ0) is 11.0. The third-order valence-corrected chi connectivity index (χ3v) is 4.87. The molecule has 88 valence electrons. The van der Waals surface area contributed by atoms with Gasteiger partial charge in [0.2, 0.25) is 0 Å². The van der Waals surface area contributed by atoms with Crippen LogP contribution in [0.2, 0.25) is 0 Å². The van der Waals surface area contributed by atoms with Gasteiger partial charge in [-0.05, 0) is 31.1 Å². The highest BCUT2D eigenvalue weighted by Crippen LogP contribution is 2.46. The van der Waals surface area contributed by atoms with Gasteiger partial charge in [0, 0.05) is 32.2 Å². The van der Waals surface area contributed by atoms with E-state index in [1.54, 1.807) is 0 Å². The van der Waals surface area contributed by atoms with E-state index in [1.165, 1.54) is 38.8 Å². The van der Waals surface area contributed by atoms with Crippen LogP contribution in [0.4, 0.5) is 0 Å². The van der Waals surface area contributed by atoms with Gasteiger partial charge in [0.1, 0.15) is 0 Å². The summed E-state index contributed by atoms with van der Waals surface area (Å²) in [6, 6.07) is 3.15. The number of rotatable bonds is 2. The van der Waals surface area contributed by atoms with E-state index < -0.39 is 0 Å². The molecule has 3 aliphatic rings. The number of hydrogen-bond donors (Lipinski definition) is 0. The molecule has 0 N–H and O–H groups in total. The smallest absolute Gasteiger partial charge is 0.0866 e. The fourth-order valence-electron chi connectivity index (χ4n) is 4.01. The van der Waals surface area contributed by atoms with Crippen molar-refractivity contribution in [1.29, 1.82) is 5.26 Å². The molecular formula is C13H21N3. The Morgan fingerprint density at radius 3 is 2.44 bits per heavy atom. The molecule has 2 bridgehead atoms. The predicted molar refractivity (Wildman–Crippen MR) is 62.9 cm³/mol. The average Bonchev–Trinajstić information content (AvgIpc) is 2.92. The summed E-state index contributed by atoms with van der Waals surface area (Å²) in [6.45, 7) is 5.19. The normalized spacial score (nSPS) is 40.1. The van der Waals surface area contributed by atoms with Gasteiger partial charge in [-0.3, -0.25) is 9.80 Å². The van der Waals surface area contributed by atoms with Crippen molar-refractivity contribution >= 4 is 0 Å². The Labute approximate surface area is 98.0 Å². The van der Waals surface area contributed by atoms with Crippen LogP contribution in [0.1, 0.15) is 25.7 Å². The Balaban J connectivity index is 1.53. The molecule has 2 aliphatic carbocycles. The number of piperazine rings is 1. The van der Waals surface area contributed by atoms with Crippen LogP contribution < -0.4 is 0 Å². The molecule has 3 atom stereocenters. The second-order valence-electron chi connectivity index (χ2n) is 5.71. The molecule has 3 nitrogen and oxygen atoms in total. The standard InChI is InChI=1S/C13H21N3/c14-3-4-15-5-7-16(8-6-15)13-10-11-1-2-12(13)9-11/h11-13H,1-2,4-10H2. The zero-order valence-corrected chi connectivity index (χ0v) is 9.94. The Morgan fingerprint density at radius 2 is 1.88 bits per heavy atom. The van der Waals surface area contributed by atoms with Crippen LogP contribution in [0.25, 0.3) is 0 Å². The Hall–Kier alpha value is -0.590. The van der Waals surface area contributed by atoms with E-state index in [1.807, 2.05) is 0 Å². The molecule has 0 aromatic carbocycles. The highest BCUT2D eigenvalue weighted by molar-refractivity contribution is 4.96. The topological polar surface area (TPSA) is 30.3 Å². The van der Waals surface area contributed by atoms with Gasteiger partial charge in [-0.25, -0.2) is 0 Å². The fraction of sp³-hybridized carbons (Fsp3) is 0.923. The quantitative estimate of drug-likeness (QED) is 0.656. The van der Waals surface area contributed by atoms with Crippen molar-refractivity contribution in [1.82, 2.24) is 9.80 Å². The van der Waals surface area contributed by atoms with Crippen molar-refractivity contribution in [3.8, 4) is 6.07 Å². The van der Waals surface area contributed by atoms with Gasteiger partial charge in [0.25, 0.3) is 0 Å². The third-order valence-electron chi connectivity index (χ3n) is 4.87. The molecule has 2 saturated carbocycles. The van der Waals surface area contributed by atoms with E-state index in [4.69, 9.17) is 5.26 Å². The minimum Gasteiger partial charge on any atom is -0.298 e. The first-order chi connectivity index (χ1) is 7.86. The minimum absolute atomic E-state index is 0.616. The van der Waals surface area contributed by atoms with E-state index in [9.17, 15) is 0 Å². The SMILES string of the molecule is N#CCN1CCN(C2CC3CCC2C3)CC1. The molecule has 1 heterocycles. The molecule has 0 radical (unpaired) electrons. The summed E-state index contributed by atoms with van der Waals surface area (Å²) >= 11 is 0. The summed E-state index contributed by atoms with van der Waals surface area (Å²) in [5.41, 5.74) is 0. The van der Waals surface area contributed by atoms with Gasteiger partial charge in [0.15, 0.2) is 0 Å². The Bertz CT molecular complexity index is 288. The monoisotopic (exact) mass is 219 g/mol. The zero-order valence-electron chi connectivity index (χ0n) is 9.94. The number of fused-ring (bicyclic) bond motifs is 2. The fourth-order valence-corrected chi connectivity index (χ4v) is 4.01. The lowest BCUT2D eigenvalue weighted by molar-refractivity contribution is 0.0771. The maximum Gasteiger partial charge on any atom is 0.0866 e. The Morgan fingerprint density at radius 1 is 1.06 bits per heavy atom. The van der Waals surface area contributed by atoms with Crippen molar-refractivity contribution in [3.05, 3.63) is 0 Å². The first-order valence-electron chi connectivity index (χ1n) is 6.70.